The van der Waals surface area contributed by atoms with Gasteiger partial charge in [-0.2, -0.15) is 0 Å². The van der Waals surface area contributed by atoms with E-state index in [0.717, 1.165) is 24.2 Å². The van der Waals surface area contributed by atoms with Gasteiger partial charge in [-0.15, -0.1) is 11.3 Å². The van der Waals surface area contributed by atoms with Crippen molar-refractivity contribution in [2.24, 2.45) is 5.92 Å². The Labute approximate surface area is 122 Å². The molecule has 0 radical (unpaired) electrons. The van der Waals surface area contributed by atoms with E-state index in [2.05, 4.69) is 4.72 Å². The Morgan fingerprint density at radius 2 is 2.10 bits per heavy atom. The van der Waals surface area contributed by atoms with Crippen molar-refractivity contribution < 1.29 is 23.4 Å². The van der Waals surface area contributed by atoms with Crippen LogP contribution in [0.1, 0.15) is 35.9 Å². The van der Waals surface area contributed by atoms with Gasteiger partial charge in [0, 0.05) is 13.2 Å². The number of sulfonamides is 1. The van der Waals surface area contributed by atoms with E-state index in [1.807, 2.05) is 6.92 Å². The number of hydrogen-bond acceptors (Lipinski definition) is 5. The van der Waals surface area contributed by atoms with E-state index in [1.54, 1.807) is 0 Å². The molecule has 20 heavy (non-hydrogen) atoms. The minimum absolute atomic E-state index is 0.00542. The Hall–Kier alpha value is -0.960. The molecule has 1 atom stereocenters. The topological polar surface area (TPSA) is 104 Å². The second-order valence-electron chi connectivity index (χ2n) is 4.44. The van der Waals surface area contributed by atoms with Crippen molar-refractivity contribution in [3.63, 3.8) is 0 Å². The van der Waals surface area contributed by atoms with E-state index in [0.29, 0.717) is 6.42 Å². The Kier molecular flexibility index (Phi) is 6.60. The molecule has 0 bridgehead atoms. The number of carbonyl (C=O) groups is 1. The van der Waals surface area contributed by atoms with E-state index in [-0.39, 0.29) is 28.2 Å². The molecule has 0 saturated carbocycles. The first-order valence-corrected chi connectivity index (χ1v) is 8.64. The van der Waals surface area contributed by atoms with Gasteiger partial charge in [-0.3, -0.25) is 0 Å². The first kappa shape index (κ1) is 17.1. The molecule has 0 aliphatic heterocycles. The quantitative estimate of drug-likeness (QED) is 0.640. The predicted molar refractivity (Wildman–Crippen MR) is 76.6 cm³/mol. The number of carboxylic acid groups (broad SMARTS) is 1. The molecule has 3 N–H and O–H groups in total. The zero-order valence-corrected chi connectivity index (χ0v) is 12.8. The molecule has 0 aromatic carbocycles. The monoisotopic (exact) mass is 321 g/mol. The van der Waals surface area contributed by atoms with E-state index < -0.39 is 16.0 Å². The average Bonchev–Trinajstić information content (AvgIpc) is 2.87. The average molecular weight is 321 g/mol. The van der Waals surface area contributed by atoms with Crippen molar-refractivity contribution in [2.45, 2.75) is 30.4 Å². The first-order chi connectivity index (χ1) is 9.40. The summed E-state index contributed by atoms with van der Waals surface area (Å²) in [5, 5.41) is 17.7. The first-order valence-electron chi connectivity index (χ1n) is 6.34. The molecule has 6 nitrogen and oxygen atoms in total. The van der Waals surface area contributed by atoms with Crippen LogP contribution in [0.3, 0.4) is 0 Å². The fourth-order valence-corrected chi connectivity index (χ4v) is 4.12. The smallest absolute Gasteiger partial charge is 0.345 e. The lowest BCUT2D eigenvalue weighted by Gasteiger charge is -2.15. The number of aliphatic hydroxyl groups excluding tert-OH is 1. The standard InChI is InChI=1S/C12H19NO5S2/c1-2-3-9(6-7-14)8-13-20(17,18)11-5-4-10(19-11)12(15)16/h4-5,9,13-14H,2-3,6-8H2,1H3,(H,15,16). The predicted octanol–water partition coefficient (Wildman–Crippen LogP) is 1.52. The van der Waals surface area contributed by atoms with Crippen LogP contribution in [0.15, 0.2) is 16.3 Å². The lowest BCUT2D eigenvalue weighted by atomic mass is 10.0. The fourth-order valence-electron chi connectivity index (χ4n) is 1.82. The number of nitrogens with one attached hydrogen (secondary N) is 1. The highest BCUT2D eigenvalue weighted by Crippen LogP contribution is 2.21. The Morgan fingerprint density at radius 3 is 2.60 bits per heavy atom. The SMILES string of the molecule is CCCC(CCO)CNS(=O)(=O)c1ccc(C(=O)O)s1. The molecule has 114 valence electrons. The molecule has 0 amide bonds. The van der Waals surface area contributed by atoms with Crippen LogP contribution in [0.2, 0.25) is 0 Å². The molecule has 1 heterocycles. The van der Waals surface area contributed by atoms with Gasteiger partial charge in [0.15, 0.2) is 0 Å². The van der Waals surface area contributed by atoms with Crippen molar-refractivity contribution >= 4 is 27.3 Å². The van der Waals surface area contributed by atoms with Gasteiger partial charge in [-0.05, 0) is 30.9 Å². The fraction of sp³-hybridized carbons (Fsp3) is 0.583. The van der Waals surface area contributed by atoms with Crippen LogP contribution in [0, 0.1) is 5.92 Å². The van der Waals surface area contributed by atoms with E-state index in [1.165, 1.54) is 12.1 Å². The zero-order valence-electron chi connectivity index (χ0n) is 11.2. The third-order valence-electron chi connectivity index (χ3n) is 2.85. The summed E-state index contributed by atoms with van der Waals surface area (Å²) in [5.41, 5.74) is 0. The second-order valence-corrected chi connectivity index (χ2v) is 7.52. The molecule has 0 spiro atoms. The van der Waals surface area contributed by atoms with Gasteiger partial charge in [-0.25, -0.2) is 17.9 Å². The Balaban J connectivity index is 2.70. The normalized spacial score (nSPS) is 13.3. The van der Waals surface area contributed by atoms with Crippen LogP contribution in [-0.2, 0) is 10.0 Å². The molecule has 0 aliphatic rings. The summed E-state index contributed by atoms with van der Waals surface area (Å²) >= 11 is 0.727. The molecule has 1 aromatic rings. The van der Waals surface area contributed by atoms with Gasteiger partial charge >= 0.3 is 5.97 Å². The van der Waals surface area contributed by atoms with Gasteiger partial charge in [-0.1, -0.05) is 13.3 Å². The minimum Gasteiger partial charge on any atom is -0.477 e. The van der Waals surface area contributed by atoms with Crippen molar-refractivity contribution in [1.29, 1.82) is 0 Å². The number of hydrogen-bond donors (Lipinski definition) is 3. The molecule has 0 saturated heterocycles. The molecule has 1 unspecified atom stereocenters. The third kappa shape index (κ3) is 4.86. The maximum atomic E-state index is 12.0. The summed E-state index contributed by atoms with van der Waals surface area (Å²) in [5.74, 6) is -1.06. The molecule has 0 aliphatic carbocycles. The van der Waals surface area contributed by atoms with Gasteiger partial charge in [0.05, 0.1) is 0 Å². The Bertz CT molecular complexity index is 532. The summed E-state index contributed by atoms with van der Waals surface area (Å²) < 4.78 is 26.5. The molecular formula is C12H19NO5S2. The van der Waals surface area contributed by atoms with Gasteiger partial charge in [0.25, 0.3) is 0 Å². The summed E-state index contributed by atoms with van der Waals surface area (Å²) in [4.78, 5) is 10.7. The molecule has 0 fully saturated rings. The Morgan fingerprint density at radius 1 is 1.40 bits per heavy atom. The number of rotatable bonds is 9. The lowest BCUT2D eigenvalue weighted by molar-refractivity contribution is 0.0702. The highest BCUT2D eigenvalue weighted by molar-refractivity contribution is 7.91. The van der Waals surface area contributed by atoms with Crippen LogP contribution in [0.25, 0.3) is 0 Å². The van der Waals surface area contributed by atoms with Crippen LogP contribution in [0.4, 0.5) is 0 Å². The summed E-state index contributed by atoms with van der Waals surface area (Å²) in [6.45, 7) is 2.27. The number of carboxylic acids is 1. The maximum Gasteiger partial charge on any atom is 0.345 e. The van der Waals surface area contributed by atoms with Crippen LogP contribution in [0.5, 0.6) is 0 Å². The number of thiophene rings is 1. The van der Waals surface area contributed by atoms with Gasteiger partial charge < -0.3 is 10.2 Å². The highest BCUT2D eigenvalue weighted by atomic mass is 32.2. The minimum atomic E-state index is -3.68. The number of aromatic carboxylic acids is 1. The van der Waals surface area contributed by atoms with Crippen LogP contribution in [-0.4, -0.2) is 37.8 Å². The highest BCUT2D eigenvalue weighted by Gasteiger charge is 2.20. The van der Waals surface area contributed by atoms with Crippen molar-refractivity contribution in [3.8, 4) is 0 Å². The van der Waals surface area contributed by atoms with E-state index in [4.69, 9.17) is 10.2 Å². The third-order valence-corrected chi connectivity index (χ3v) is 5.84. The van der Waals surface area contributed by atoms with Gasteiger partial charge in [0.2, 0.25) is 10.0 Å². The second kappa shape index (κ2) is 7.72. The van der Waals surface area contributed by atoms with E-state index in [9.17, 15) is 13.2 Å². The lowest BCUT2D eigenvalue weighted by Crippen LogP contribution is -2.29. The summed E-state index contributed by atoms with van der Waals surface area (Å²) in [6, 6.07) is 2.57. The van der Waals surface area contributed by atoms with E-state index >= 15 is 0 Å². The van der Waals surface area contributed by atoms with Crippen molar-refractivity contribution in [2.75, 3.05) is 13.2 Å². The summed E-state index contributed by atoms with van der Waals surface area (Å²) in [7, 11) is -3.68. The van der Waals surface area contributed by atoms with Crippen molar-refractivity contribution in [3.05, 3.63) is 17.0 Å². The number of aliphatic hydroxyl groups is 1. The van der Waals surface area contributed by atoms with Crippen LogP contribution >= 0.6 is 11.3 Å². The molecular weight excluding hydrogens is 302 g/mol. The molecule has 8 heteroatoms. The molecule has 1 aromatic heterocycles. The van der Waals surface area contributed by atoms with Crippen molar-refractivity contribution in [1.82, 2.24) is 4.72 Å². The van der Waals surface area contributed by atoms with Crippen LogP contribution < -0.4 is 4.72 Å². The zero-order chi connectivity index (χ0) is 15.2. The maximum absolute atomic E-state index is 12.0. The van der Waals surface area contributed by atoms with Gasteiger partial charge in [0.1, 0.15) is 9.09 Å². The summed E-state index contributed by atoms with van der Waals surface area (Å²) in [6.07, 6.45) is 2.28. The largest absolute Gasteiger partial charge is 0.477 e. The molecule has 1 rings (SSSR count).